The van der Waals surface area contributed by atoms with Gasteiger partial charge in [-0.25, -0.2) is 9.78 Å². The second kappa shape index (κ2) is 10.7. The molecule has 1 fully saturated rings. The maximum atomic E-state index is 12.8. The van der Waals surface area contributed by atoms with Crippen molar-refractivity contribution in [1.29, 1.82) is 0 Å². The van der Waals surface area contributed by atoms with Crippen LogP contribution in [0.4, 0.5) is 4.79 Å². The van der Waals surface area contributed by atoms with Crippen molar-refractivity contribution in [3.05, 3.63) is 42.2 Å². The molecule has 3 aromatic rings. The molecule has 0 saturated carbocycles. The molecule has 2 N–H and O–H groups in total. The molecule has 10 heteroatoms. The molecule has 0 spiro atoms. The predicted molar refractivity (Wildman–Crippen MR) is 120 cm³/mol. The molecule has 172 valence electrons. The number of imidazole rings is 1. The number of piperidine rings is 1. The zero-order valence-corrected chi connectivity index (χ0v) is 18.8. The summed E-state index contributed by atoms with van der Waals surface area (Å²) >= 11 is 0. The summed E-state index contributed by atoms with van der Waals surface area (Å²) in [5.74, 6) is 2.30. The van der Waals surface area contributed by atoms with Gasteiger partial charge in [-0.15, -0.1) is 10.2 Å². The van der Waals surface area contributed by atoms with Gasteiger partial charge in [0.15, 0.2) is 5.82 Å². The van der Waals surface area contributed by atoms with Crippen LogP contribution < -0.4 is 5.32 Å². The molecule has 1 atom stereocenters. The summed E-state index contributed by atoms with van der Waals surface area (Å²) in [5, 5.41) is 18.1. The van der Waals surface area contributed by atoms with E-state index < -0.39 is 0 Å². The summed E-state index contributed by atoms with van der Waals surface area (Å²) in [4.78, 5) is 27.9. The molecule has 1 unspecified atom stereocenters. The van der Waals surface area contributed by atoms with Crippen molar-refractivity contribution >= 4 is 23.5 Å². The van der Waals surface area contributed by atoms with Crippen LogP contribution in [0.2, 0.25) is 0 Å². The minimum absolute atomic E-state index is 0.0352. The number of carbonyl (C=O) groups is 2. The molecule has 2 amide bonds. The number of aromatic nitrogens is 5. The molecule has 2 aromatic heterocycles. The highest BCUT2D eigenvalue weighted by Gasteiger charge is 2.28. The van der Waals surface area contributed by atoms with E-state index in [-0.39, 0.29) is 18.5 Å². The van der Waals surface area contributed by atoms with Gasteiger partial charge in [0.25, 0.3) is 6.47 Å². The van der Waals surface area contributed by atoms with E-state index in [2.05, 4.69) is 46.2 Å². The molecule has 1 aliphatic heterocycles. The van der Waals surface area contributed by atoms with Crippen LogP contribution in [-0.2, 0) is 18.4 Å². The maximum absolute atomic E-state index is 12.8. The maximum Gasteiger partial charge on any atom is 0.317 e. The lowest BCUT2D eigenvalue weighted by molar-refractivity contribution is -0.122. The van der Waals surface area contributed by atoms with Gasteiger partial charge in [0.05, 0.1) is 17.1 Å². The van der Waals surface area contributed by atoms with Gasteiger partial charge in [-0.05, 0) is 38.3 Å². The number of nitrogens with one attached hydrogen (secondary N) is 1. The fraction of sp³-hybridized carbons (Fsp3) is 0.500. The summed E-state index contributed by atoms with van der Waals surface area (Å²) < 4.78 is 4.20. The number of likely N-dealkylation sites (tertiary alicyclic amines) is 1. The third kappa shape index (κ3) is 5.06. The average Bonchev–Trinajstić information content (AvgIpc) is 3.39. The van der Waals surface area contributed by atoms with Crippen LogP contribution >= 0.6 is 0 Å². The van der Waals surface area contributed by atoms with Gasteiger partial charge < -0.3 is 24.5 Å². The van der Waals surface area contributed by atoms with Crippen molar-refractivity contribution in [2.75, 3.05) is 13.1 Å². The van der Waals surface area contributed by atoms with Crippen molar-refractivity contribution in [2.45, 2.75) is 51.6 Å². The number of carboxylic acid groups (broad SMARTS) is 1. The van der Waals surface area contributed by atoms with Gasteiger partial charge in [-0.2, -0.15) is 0 Å². The highest BCUT2D eigenvalue weighted by Crippen LogP contribution is 2.29. The van der Waals surface area contributed by atoms with Crippen molar-refractivity contribution in [3.8, 4) is 0 Å². The first-order chi connectivity index (χ1) is 15.5. The van der Waals surface area contributed by atoms with Gasteiger partial charge in [0, 0.05) is 32.6 Å². The Morgan fingerprint density at radius 1 is 1.31 bits per heavy atom. The molecule has 0 aliphatic carbocycles. The van der Waals surface area contributed by atoms with E-state index in [9.17, 15) is 4.79 Å². The van der Waals surface area contributed by atoms with Crippen molar-refractivity contribution in [2.24, 2.45) is 7.05 Å². The van der Waals surface area contributed by atoms with E-state index in [1.54, 1.807) is 6.33 Å². The quantitative estimate of drug-likeness (QED) is 0.588. The smallest absolute Gasteiger partial charge is 0.317 e. The molecule has 10 nitrogen and oxygen atoms in total. The zero-order valence-electron chi connectivity index (χ0n) is 18.8. The summed E-state index contributed by atoms with van der Waals surface area (Å²) in [5.41, 5.74) is 2.20. The number of rotatable bonds is 5. The van der Waals surface area contributed by atoms with Gasteiger partial charge in [-0.1, -0.05) is 19.1 Å². The number of hydrogen-bond acceptors (Lipinski definition) is 5. The highest BCUT2D eigenvalue weighted by atomic mass is 16.3. The summed E-state index contributed by atoms with van der Waals surface area (Å²) in [6, 6.07) is 8.02. The molecular weight excluding hydrogens is 410 g/mol. The molecule has 4 rings (SSSR count). The molecule has 3 heterocycles. The zero-order chi connectivity index (χ0) is 23.1. The second-order valence-electron chi connectivity index (χ2n) is 7.94. The number of carbonyl (C=O) groups excluding carboxylic acids is 1. The monoisotopic (exact) mass is 441 g/mol. The SMILES string of the molecule is CCCn1cnnc1C(C)NC(=O)N1CCC(c2nc3ccccc3n2C)CC1.O=CO. The molecule has 1 aliphatic rings. The van der Waals surface area contributed by atoms with E-state index in [0.29, 0.717) is 5.92 Å². The fourth-order valence-corrected chi connectivity index (χ4v) is 4.22. The number of benzene rings is 1. The van der Waals surface area contributed by atoms with Crippen LogP contribution in [-0.4, -0.2) is 59.9 Å². The first-order valence-corrected chi connectivity index (χ1v) is 10.9. The molecule has 1 aromatic carbocycles. The number of nitrogens with zero attached hydrogens (tertiary/aromatic N) is 6. The summed E-state index contributed by atoms with van der Waals surface area (Å²) in [7, 11) is 2.08. The van der Waals surface area contributed by atoms with Crippen molar-refractivity contribution in [3.63, 3.8) is 0 Å². The molecule has 0 radical (unpaired) electrons. The highest BCUT2D eigenvalue weighted by molar-refractivity contribution is 5.76. The van der Waals surface area contributed by atoms with E-state index in [4.69, 9.17) is 14.9 Å². The number of urea groups is 1. The van der Waals surface area contributed by atoms with Crippen molar-refractivity contribution < 1.29 is 14.7 Å². The Labute approximate surface area is 187 Å². The van der Waals surface area contributed by atoms with E-state index in [1.807, 2.05) is 28.5 Å². The van der Waals surface area contributed by atoms with Crippen LogP contribution in [0.3, 0.4) is 0 Å². The third-order valence-electron chi connectivity index (χ3n) is 5.81. The molecule has 32 heavy (non-hydrogen) atoms. The van der Waals surface area contributed by atoms with E-state index in [0.717, 1.165) is 61.6 Å². The first kappa shape index (κ1) is 23.2. The lowest BCUT2D eigenvalue weighted by Gasteiger charge is -2.32. The third-order valence-corrected chi connectivity index (χ3v) is 5.81. The Kier molecular flexibility index (Phi) is 7.80. The topological polar surface area (TPSA) is 118 Å². The molecule has 1 saturated heterocycles. The fourth-order valence-electron chi connectivity index (χ4n) is 4.22. The Balaban J connectivity index is 0.000000913. The average molecular weight is 442 g/mol. The number of aryl methyl sites for hydroxylation is 2. The Morgan fingerprint density at radius 3 is 2.66 bits per heavy atom. The Hall–Kier alpha value is -3.43. The van der Waals surface area contributed by atoms with Crippen LogP contribution in [0.15, 0.2) is 30.6 Å². The van der Waals surface area contributed by atoms with Crippen LogP contribution in [0, 0.1) is 0 Å². The minimum Gasteiger partial charge on any atom is -0.483 e. The Bertz CT molecular complexity index is 1040. The van der Waals surface area contributed by atoms with Crippen molar-refractivity contribution in [1.82, 2.24) is 34.5 Å². The van der Waals surface area contributed by atoms with Crippen LogP contribution in [0.5, 0.6) is 0 Å². The largest absolute Gasteiger partial charge is 0.483 e. The Morgan fingerprint density at radius 2 is 2.00 bits per heavy atom. The van der Waals surface area contributed by atoms with Gasteiger partial charge in [0.2, 0.25) is 0 Å². The molecular formula is C22H31N7O3. The van der Waals surface area contributed by atoms with Crippen LogP contribution in [0.25, 0.3) is 11.0 Å². The first-order valence-electron chi connectivity index (χ1n) is 10.9. The lowest BCUT2D eigenvalue weighted by atomic mass is 9.96. The number of para-hydroxylation sites is 2. The lowest BCUT2D eigenvalue weighted by Crippen LogP contribution is -2.45. The second-order valence-corrected chi connectivity index (χ2v) is 7.94. The van der Waals surface area contributed by atoms with Gasteiger partial charge in [0.1, 0.15) is 12.2 Å². The molecule has 0 bridgehead atoms. The standard InChI is InChI=1S/C21H29N7O.CH2O2/c1-4-11-28-14-22-25-19(28)15(2)23-21(29)27-12-9-16(10-13-27)20-24-17-7-5-6-8-18(17)26(20)3;2-1-3/h5-8,14-16H,4,9-13H2,1-3H3,(H,23,29);1H,(H,2,3). The normalized spacial score (nSPS) is 15.2. The number of fused-ring (bicyclic) bond motifs is 1. The van der Waals surface area contributed by atoms with E-state index in [1.165, 1.54) is 0 Å². The van der Waals surface area contributed by atoms with Crippen LogP contribution in [0.1, 0.15) is 56.7 Å². The summed E-state index contributed by atoms with van der Waals surface area (Å²) in [6.45, 7) is 6.14. The van der Waals surface area contributed by atoms with Gasteiger partial charge in [-0.3, -0.25) is 4.79 Å². The number of amides is 2. The van der Waals surface area contributed by atoms with Gasteiger partial charge >= 0.3 is 6.03 Å². The minimum atomic E-state index is -0.250. The summed E-state index contributed by atoms with van der Waals surface area (Å²) in [6.07, 6.45) is 4.57. The van der Waals surface area contributed by atoms with E-state index >= 15 is 0 Å². The predicted octanol–water partition coefficient (Wildman–Crippen LogP) is 2.93. The number of hydrogen-bond donors (Lipinski definition) is 2.